The van der Waals surface area contributed by atoms with Crippen molar-refractivity contribution in [3.05, 3.63) is 29.8 Å². The lowest BCUT2D eigenvalue weighted by Gasteiger charge is -2.14. The van der Waals surface area contributed by atoms with E-state index in [9.17, 15) is 14.7 Å². The molecular weight excluding hydrogens is 238 g/mol. The van der Waals surface area contributed by atoms with Crippen LogP contribution in [0, 0.1) is 0 Å². The highest BCUT2D eigenvalue weighted by Crippen LogP contribution is 2.14. The Morgan fingerprint density at radius 2 is 2.06 bits per heavy atom. The van der Waals surface area contributed by atoms with E-state index in [1.807, 2.05) is 0 Å². The minimum atomic E-state index is -1.00. The molecule has 6 heteroatoms. The Labute approximate surface area is 104 Å². The minimum absolute atomic E-state index is 0.0654. The third-order valence-electron chi connectivity index (χ3n) is 2.37. The second-order valence-corrected chi connectivity index (χ2v) is 3.68. The fourth-order valence-corrected chi connectivity index (χ4v) is 1.40. The molecule has 1 atom stereocenters. The first-order valence-corrected chi connectivity index (χ1v) is 5.35. The Morgan fingerprint density at radius 1 is 1.39 bits per heavy atom. The van der Waals surface area contributed by atoms with Gasteiger partial charge in [-0.2, -0.15) is 0 Å². The second kappa shape index (κ2) is 6.61. The van der Waals surface area contributed by atoms with Gasteiger partial charge < -0.3 is 20.3 Å². The number of phenolic OH excluding ortho intramolecular Hbond substituents is 1. The van der Waals surface area contributed by atoms with Gasteiger partial charge in [-0.15, -0.1) is 0 Å². The molecule has 0 aliphatic carbocycles. The van der Waals surface area contributed by atoms with Crippen molar-refractivity contribution in [3.63, 3.8) is 0 Å². The van der Waals surface area contributed by atoms with Gasteiger partial charge in [0.05, 0.1) is 18.1 Å². The quantitative estimate of drug-likeness (QED) is 0.690. The first-order chi connectivity index (χ1) is 8.54. The third kappa shape index (κ3) is 4.06. The molecule has 1 amide bonds. The Kier molecular flexibility index (Phi) is 5.13. The highest BCUT2D eigenvalue weighted by molar-refractivity contribution is 5.96. The molecule has 1 aromatic carbocycles. The molecule has 0 aromatic heterocycles. The number of carbonyl (C=O) groups is 2. The first-order valence-electron chi connectivity index (χ1n) is 5.35. The fourth-order valence-electron chi connectivity index (χ4n) is 1.40. The number of ether oxygens (including phenoxy) is 1. The molecule has 98 valence electrons. The van der Waals surface area contributed by atoms with Crippen LogP contribution < -0.4 is 5.32 Å². The van der Waals surface area contributed by atoms with E-state index in [1.54, 1.807) is 12.1 Å². The molecule has 18 heavy (non-hydrogen) atoms. The molecule has 1 aromatic rings. The van der Waals surface area contributed by atoms with Crippen molar-refractivity contribution in [1.29, 1.82) is 0 Å². The summed E-state index contributed by atoms with van der Waals surface area (Å²) in [4.78, 5) is 22.2. The van der Waals surface area contributed by atoms with Crippen molar-refractivity contribution in [3.8, 4) is 5.75 Å². The van der Waals surface area contributed by atoms with Crippen molar-refractivity contribution < 1.29 is 24.5 Å². The van der Waals surface area contributed by atoms with Crippen molar-refractivity contribution in [1.82, 2.24) is 5.32 Å². The number of carboxylic acid groups (broad SMARTS) is 1. The van der Waals surface area contributed by atoms with Gasteiger partial charge in [0, 0.05) is 13.7 Å². The number of para-hydroxylation sites is 1. The number of hydrogen-bond acceptors (Lipinski definition) is 4. The van der Waals surface area contributed by atoms with Gasteiger partial charge in [-0.1, -0.05) is 12.1 Å². The number of aromatic hydroxyl groups is 1. The van der Waals surface area contributed by atoms with Crippen LogP contribution in [0.5, 0.6) is 5.75 Å². The van der Waals surface area contributed by atoms with E-state index in [0.29, 0.717) is 0 Å². The number of carbonyl (C=O) groups excluding carboxylic acids is 1. The molecule has 0 heterocycles. The largest absolute Gasteiger partial charge is 0.507 e. The summed E-state index contributed by atoms with van der Waals surface area (Å²) in [5.74, 6) is -1.60. The number of rotatable bonds is 6. The Morgan fingerprint density at radius 3 is 2.61 bits per heavy atom. The zero-order chi connectivity index (χ0) is 13.5. The molecule has 0 bridgehead atoms. The maximum atomic E-state index is 11.7. The number of methoxy groups -OCH3 is 1. The van der Waals surface area contributed by atoms with Gasteiger partial charge >= 0.3 is 5.97 Å². The molecule has 0 saturated carbocycles. The van der Waals surface area contributed by atoms with Gasteiger partial charge in [0.15, 0.2) is 0 Å². The summed E-state index contributed by atoms with van der Waals surface area (Å²) in [5.41, 5.74) is 0.141. The minimum Gasteiger partial charge on any atom is -0.507 e. The van der Waals surface area contributed by atoms with Gasteiger partial charge in [0.25, 0.3) is 5.91 Å². The summed E-state index contributed by atoms with van der Waals surface area (Å²) in [5, 5.41) is 20.6. The Hall–Kier alpha value is -2.08. The number of hydrogen-bond donors (Lipinski definition) is 3. The lowest BCUT2D eigenvalue weighted by molar-refractivity contribution is -0.139. The monoisotopic (exact) mass is 253 g/mol. The van der Waals surface area contributed by atoms with E-state index in [-0.39, 0.29) is 24.3 Å². The van der Waals surface area contributed by atoms with E-state index < -0.39 is 18.0 Å². The van der Waals surface area contributed by atoms with E-state index in [4.69, 9.17) is 9.84 Å². The summed E-state index contributed by atoms with van der Waals surface area (Å²) in [6.45, 7) is 0.0654. The van der Waals surface area contributed by atoms with E-state index in [2.05, 4.69) is 5.32 Å². The van der Waals surface area contributed by atoms with Crippen LogP contribution in [0.4, 0.5) is 0 Å². The summed E-state index contributed by atoms with van der Waals surface area (Å²) < 4.78 is 4.92. The number of amides is 1. The normalized spacial score (nSPS) is 11.8. The standard InChI is InChI=1S/C12H15NO5/c1-18-8(6-11(15)16)7-13-12(17)9-4-2-3-5-10(9)14/h2-5,8,14H,6-7H2,1H3,(H,13,17)(H,15,16). The number of benzene rings is 1. The predicted octanol–water partition coefficient (Wildman–Crippen LogP) is 0.612. The average Bonchev–Trinajstić information content (AvgIpc) is 2.34. The molecule has 3 N–H and O–H groups in total. The van der Waals surface area contributed by atoms with E-state index in [0.717, 1.165) is 0 Å². The zero-order valence-electron chi connectivity index (χ0n) is 9.92. The zero-order valence-corrected chi connectivity index (χ0v) is 9.92. The van der Waals surface area contributed by atoms with Gasteiger partial charge in [-0.3, -0.25) is 9.59 Å². The second-order valence-electron chi connectivity index (χ2n) is 3.68. The summed E-state index contributed by atoms with van der Waals surface area (Å²) in [7, 11) is 1.37. The molecule has 0 spiro atoms. The van der Waals surface area contributed by atoms with E-state index in [1.165, 1.54) is 19.2 Å². The highest BCUT2D eigenvalue weighted by atomic mass is 16.5. The van der Waals surface area contributed by atoms with Gasteiger partial charge in [-0.25, -0.2) is 0 Å². The molecule has 6 nitrogen and oxygen atoms in total. The smallest absolute Gasteiger partial charge is 0.306 e. The number of carboxylic acids is 1. The van der Waals surface area contributed by atoms with Crippen molar-refractivity contribution in [2.45, 2.75) is 12.5 Å². The number of aliphatic carboxylic acids is 1. The van der Waals surface area contributed by atoms with Gasteiger partial charge in [0.2, 0.25) is 0 Å². The Bertz CT molecular complexity index is 432. The lowest BCUT2D eigenvalue weighted by atomic mass is 10.2. The predicted molar refractivity (Wildman–Crippen MR) is 63.5 cm³/mol. The van der Waals surface area contributed by atoms with Crippen LogP contribution in [-0.2, 0) is 9.53 Å². The molecular formula is C12H15NO5. The third-order valence-corrected chi connectivity index (χ3v) is 2.37. The topological polar surface area (TPSA) is 95.9 Å². The van der Waals surface area contributed by atoms with Crippen LogP contribution in [0.25, 0.3) is 0 Å². The van der Waals surface area contributed by atoms with Crippen LogP contribution in [0.2, 0.25) is 0 Å². The number of phenols is 1. The van der Waals surface area contributed by atoms with Crippen LogP contribution in [-0.4, -0.2) is 41.8 Å². The van der Waals surface area contributed by atoms with Crippen molar-refractivity contribution >= 4 is 11.9 Å². The fraction of sp³-hybridized carbons (Fsp3) is 0.333. The van der Waals surface area contributed by atoms with Crippen molar-refractivity contribution in [2.75, 3.05) is 13.7 Å². The van der Waals surface area contributed by atoms with Crippen LogP contribution >= 0.6 is 0 Å². The van der Waals surface area contributed by atoms with E-state index >= 15 is 0 Å². The van der Waals surface area contributed by atoms with Crippen LogP contribution in [0.3, 0.4) is 0 Å². The van der Waals surface area contributed by atoms with Gasteiger partial charge in [-0.05, 0) is 12.1 Å². The summed E-state index contributed by atoms with van der Waals surface area (Å²) in [6.07, 6.45) is -0.797. The molecule has 1 rings (SSSR count). The van der Waals surface area contributed by atoms with Gasteiger partial charge in [0.1, 0.15) is 5.75 Å². The average molecular weight is 253 g/mol. The summed E-state index contributed by atoms with van der Waals surface area (Å²) in [6, 6.07) is 6.11. The molecule has 0 radical (unpaired) electrons. The maximum absolute atomic E-state index is 11.7. The molecule has 0 aliphatic heterocycles. The molecule has 1 unspecified atom stereocenters. The SMILES string of the molecule is COC(CNC(=O)c1ccccc1O)CC(=O)O. The highest BCUT2D eigenvalue weighted by Gasteiger charge is 2.15. The first kappa shape index (κ1) is 14.0. The Balaban J connectivity index is 2.55. The summed E-state index contributed by atoms with van der Waals surface area (Å²) >= 11 is 0. The lowest BCUT2D eigenvalue weighted by Crippen LogP contribution is -2.34. The van der Waals surface area contributed by atoms with Crippen LogP contribution in [0.1, 0.15) is 16.8 Å². The maximum Gasteiger partial charge on any atom is 0.306 e. The number of nitrogens with one attached hydrogen (secondary N) is 1. The molecule has 0 fully saturated rings. The van der Waals surface area contributed by atoms with Crippen LogP contribution in [0.15, 0.2) is 24.3 Å². The molecule has 0 saturated heterocycles. The molecule has 0 aliphatic rings. The van der Waals surface area contributed by atoms with Crippen molar-refractivity contribution in [2.24, 2.45) is 0 Å².